The summed E-state index contributed by atoms with van der Waals surface area (Å²) in [7, 11) is 0. The minimum atomic E-state index is 0.329. The van der Waals surface area contributed by atoms with Gasteiger partial charge in [0.15, 0.2) is 0 Å². The van der Waals surface area contributed by atoms with Gasteiger partial charge in [-0.15, -0.1) is 0 Å². The average Bonchev–Trinajstić information content (AvgIpc) is 2.39. The largest absolute Gasteiger partial charge is 0.399 e. The Morgan fingerprint density at radius 3 is 2.00 bits per heavy atom. The van der Waals surface area contributed by atoms with Crippen molar-refractivity contribution in [3.63, 3.8) is 0 Å². The fraction of sp³-hybridized carbons (Fsp3) is 0.700. The second kappa shape index (κ2) is 6.14. The summed E-state index contributed by atoms with van der Waals surface area (Å²) in [5.41, 5.74) is 8.56. The first-order chi connectivity index (χ1) is 10.1. The molecule has 3 atom stereocenters. The number of nitrogen functional groups attached to an aromatic ring is 1. The van der Waals surface area contributed by atoms with Gasteiger partial charge in [0.05, 0.1) is 0 Å². The molecule has 3 unspecified atom stereocenters. The van der Waals surface area contributed by atoms with Crippen LogP contribution in [0.4, 0.5) is 11.4 Å². The van der Waals surface area contributed by atoms with Gasteiger partial charge in [-0.05, 0) is 66.2 Å². The molecule has 2 heteroatoms. The molecule has 124 valence electrons. The van der Waals surface area contributed by atoms with E-state index in [1.807, 2.05) is 12.1 Å². The van der Waals surface area contributed by atoms with Gasteiger partial charge in [-0.25, -0.2) is 0 Å². The third-order valence-electron chi connectivity index (χ3n) is 5.45. The Balaban J connectivity index is 2.14. The van der Waals surface area contributed by atoms with Crippen molar-refractivity contribution in [3.05, 3.63) is 24.3 Å². The zero-order valence-electron chi connectivity index (χ0n) is 15.2. The van der Waals surface area contributed by atoms with Crippen LogP contribution in [0.25, 0.3) is 0 Å². The number of hydrogen-bond donors (Lipinski definition) is 2. The highest BCUT2D eigenvalue weighted by molar-refractivity contribution is 5.51. The first-order valence-corrected chi connectivity index (χ1v) is 8.69. The van der Waals surface area contributed by atoms with Crippen LogP contribution in [0.2, 0.25) is 0 Å². The Morgan fingerprint density at radius 2 is 1.50 bits per heavy atom. The summed E-state index contributed by atoms with van der Waals surface area (Å²) in [6.45, 7) is 14.3. The normalized spacial score (nSPS) is 26.7. The van der Waals surface area contributed by atoms with E-state index in [2.05, 4.69) is 59.0 Å². The van der Waals surface area contributed by atoms with Gasteiger partial charge in [0.1, 0.15) is 0 Å². The zero-order valence-corrected chi connectivity index (χ0v) is 15.2. The van der Waals surface area contributed by atoms with Gasteiger partial charge >= 0.3 is 0 Å². The van der Waals surface area contributed by atoms with E-state index in [0.29, 0.717) is 22.8 Å². The molecular formula is C20H34N2. The molecule has 0 amide bonds. The van der Waals surface area contributed by atoms with E-state index in [-0.39, 0.29) is 0 Å². The summed E-state index contributed by atoms with van der Waals surface area (Å²) in [6, 6.07) is 8.72. The Kier molecular flexibility index (Phi) is 4.79. The predicted molar refractivity (Wildman–Crippen MR) is 98.0 cm³/mol. The van der Waals surface area contributed by atoms with Crippen LogP contribution < -0.4 is 11.1 Å². The van der Waals surface area contributed by atoms with Crippen molar-refractivity contribution in [3.8, 4) is 0 Å². The number of anilines is 2. The van der Waals surface area contributed by atoms with E-state index in [0.717, 1.165) is 11.6 Å². The molecule has 1 aromatic rings. The lowest BCUT2D eigenvalue weighted by Crippen LogP contribution is -2.44. The first kappa shape index (κ1) is 17.2. The monoisotopic (exact) mass is 302 g/mol. The van der Waals surface area contributed by atoms with Gasteiger partial charge in [-0.1, -0.05) is 41.5 Å². The van der Waals surface area contributed by atoms with Gasteiger partial charge in [-0.2, -0.15) is 0 Å². The maximum absolute atomic E-state index is 5.79. The van der Waals surface area contributed by atoms with Gasteiger partial charge in [0.25, 0.3) is 0 Å². The highest BCUT2D eigenvalue weighted by atomic mass is 14.9. The highest BCUT2D eigenvalue weighted by Crippen LogP contribution is 2.46. The molecule has 0 spiro atoms. The fourth-order valence-electron chi connectivity index (χ4n) is 3.88. The first-order valence-electron chi connectivity index (χ1n) is 8.69. The predicted octanol–water partition coefficient (Wildman–Crippen LogP) is 5.56. The maximum atomic E-state index is 5.79. The zero-order chi connectivity index (χ0) is 16.5. The lowest BCUT2D eigenvalue weighted by Gasteiger charge is -2.47. The summed E-state index contributed by atoms with van der Waals surface area (Å²) in [6.07, 6.45) is 3.90. The van der Waals surface area contributed by atoms with Crippen molar-refractivity contribution >= 4 is 11.4 Å². The van der Waals surface area contributed by atoms with Crippen LogP contribution in [0.3, 0.4) is 0 Å². The number of nitrogens with two attached hydrogens (primary N) is 1. The van der Waals surface area contributed by atoms with Crippen LogP contribution in [-0.4, -0.2) is 6.04 Å². The lowest BCUT2D eigenvalue weighted by atomic mass is 9.61. The third-order valence-corrected chi connectivity index (χ3v) is 5.45. The average molecular weight is 303 g/mol. The number of hydrogen-bond acceptors (Lipinski definition) is 2. The molecule has 1 aliphatic carbocycles. The molecule has 1 fully saturated rings. The molecule has 0 aliphatic heterocycles. The van der Waals surface area contributed by atoms with E-state index in [9.17, 15) is 0 Å². The molecule has 22 heavy (non-hydrogen) atoms. The second-order valence-corrected chi connectivity index (χ2v) is 9.22. The van der Waals surface area contributed by atoms with Crippen molar-refractivity contribution in [1.82, 2.24) is 0 Å². The molecule has 1 aromatic carbocycles. The van der Waals surface area contributed by atoms with Gasteiger partial charge in [0.2, 0.25) is 0 Å². The maximum Gasteiger partial charge on any atom is 0.0343 e. The molecule has 1 aliphatic rings. The van der Waals surface area contributed by atoms with Crippen LogP contribution in [0.15, 0.2) is 24.3 Å². The van der Waals surface area contributed by atoms with E-state index < -0.39 is 0 Å². The highest BCUT2D eigenvalue weighted by Gasteiger charge is 2.40. The molecular weight excluding hydrogens is 268 g/mol. The Hall–Kier alpha value is -1.18. The standard InChI is InChI=1S/C20H34N2/c1-19(2,3)14-7-12-18(17(13-14)20(4,5)6)22-16-10-8-15(21)9-11-16/h8-11,14,17-18,22H,7,12-13,21H2,1-6H3. The molecule has 2 nitrogen and oxygen atoms in total. The molecule has 0 saturated heterocycles. The van der Waals surface area contributed by atoms with Crippen LogP contribution in [-0.2, 0) is 0 Å². The molecule has 0 aromatic heterocycles. The minimum absolute atomic E-state index is 0.329. The van der Waals surface area contributed by atoms with Crippen LogP contribution in [0, 0.1) is 22.7 Å². The van der Waals surface area contributed by atoms with Gasteiger partial charge in [-0.3, -0.25) is 0 Å². The molecule has 0 radical (unpaired) electrons. The van der Waals surface area contributed by atoms with Crippen molar-refractivity contribution in [1.29, 1.82) is 0 Å². The van der Waals surface area contributed by atoms with Gasteiger partial charge in [0, 0.05) is 17.4 Å². The Morgan fingerprint density at radius 1 is 0.909 bits per heavy atom. The number of rotatable bonds is 2. The second-order valence-electron chi connectivity index (χ2n) is 9.22. The Labute approximate surface area is 136 Å². The number of benzene rings is 1. The SMILES string of the molecule is CC(C)(C)C1CCC(Nc2ccc(N)cc2)C(C(C)(C)C)C1. The summed E-state index contributed by atoms with van der Waals surface area (Å²) in [5, 5.41) is 3.78. The van der Waals surface area contributed by atoms with E-state index >= 15 is 0 Å². The summed E-state index contributed by atoms with van der Waals surface area (Å²) < 4.78 is 0. The molecule has 1 saturated carbocycles. The number of nitrogens with one attached hydrogen (secondary N) is 1. The van der Waals surface area contributed by atoms with Crippen LogP contribution in [0.5, 0.6) is 0 Å². The quantitative estimate of drug-likeness (QED) is 0.702. The van der Waals surface area contributed by atoms with E-state index in [1.165, 1.54) is 24.9 Å². The minimum Gasteiger partial charge on any atom is -0.399 e. The van der Waals surface area contributed by atoms with Crippen molar-refractivity contribution < 1.29 is 0 Å². The van der Waals surface area contributed by atoms with Crippen molar-refractivity contribution in [2.75, 3.05) is 11.1 Å². The molecule has 2 rings (SSSR count). The summed E-state index contributed by atoms with van der Waals surface area (Å²) >= 11 is 0. The van der Waals surface area contributed by atoms with Crippen molar-refractivity contribution in [2.24, 2.45) is 22.7 Å². The summed E-state index contributed by atoms with van der Waals surface area (Å²) in [5.74, 6) is 1.52. The molecule has 0 heterocycles. The van der Waals surface area contributed by atoms with Crippen LogP contribution in [0.1, 0.15) is 60.8 Å². The lowest BCUT2D eigenvalue weighted by molar-refractivity contribution is 0.0727. The fourth-order valence-corrected chi connectivity index (χ4v) is 3.88. The summed E-state index contributed by atoms with van der Waals surface area (Å²) in [4.78, 5) is 0. The van der Waals surface area contributed by atoms with Crippen LogP contribution >= 0.6 is 0 Å². The molecule has 3 N–H and O–H groups in total. The Bertz CT molecular complexity index is 476. The molecule has 0 bridgehead atoms. The smallest absolute Gasteiger partial charge is 0.0343 e. The van der Waals surface area contributed by atoms with E-state index in [4.69, 9.17) is 5.73 Å². The topological polar surface area (TPSA) is 38.0 Å². The van der Waals surface area contributed by atoms with Gasteiger partial charge < -0.3 is 11.1 Å². The third kappa shape index (κ3) is 4.18. The van der Waals surface area contributed by atoms with E-state index in [1.54, 1.807) is 0 Å². The van der Waals surface area contributed by atoms with Crippen molar-refractivity contribution in [2.45, 2.75) is 66.8 Å².